The van der Waals surface area contributed by atoms with E-state index in [4.69, 9.17) is 10.7 Å². The number of rotatable bonds is 5. The minimum absolute atomic E-state index is 0.172. The second-order valence-corrected chi connectivity index (χ2v) is 6.83. The highest BCUT2D eigenvalue weighted by Gasteiger charge is 2.31. The van der Waals surface area contributed by atoms with E-state index >= 15 is 0 Å². The summed E-state index contributed by atoms with van der Waals surface area (Å²) in [5.41, 5.74) is 6.47. The summed E-state index contributed by atoms with van der Waals surface area (Å²) in [6.45, 7) is 10.0. The molecule has 2 aromatic heterocycles. The monoisotopic (exact) mass is 329 g/mol. The first-order chi connectivity index (χ1) is 11.3. The molecule has 0 radical (unpaired) electrons. The molecule has 24 heavy (non-hydrogen) atoms. The van der Waals surface area contributed by atoms with Crippen molar-refractivity contribution in [2.24, 2.45) is 5.73 Å². The third-order valence-electron chi connectivity index (χ3n) is 4.18. The van der Waals surface area contributed by atoms with Crippen molar-refractivity contribution in [3.63, 3.8) is 0 Å². The van der Waals surface area contributed by atoms with Crippen molar-refractivity contribution >= 4 is 11.7 Å². The van der Waals surface area contributed by atoms with Crippen LogP contribution in [0.25, 0.3) is 0 Å². The fourth-order valence-electron chi connectivity index (χ4n) is 2.57. The minimum atomic E-state index is -0.559. The second kappa shape index (κ2) is 6.18. The van der Waals surface area contributed by atoms with Gasteiger partial charge in [0.1, 0.15) is 11.6 Å². The number of nitrogens with zero attached hydrogens (tertiary/aromatic N) is 6. The van der Waals surface area contributed by atoms with Crippen LogP contribution < -0.4 is 10.6 Å². The van der Waals surface area contributed by atoms with Gasteiger partial charge in [0.2, 0.25) is 0 Å². The molecule has 8 heteroatoms. The van der Waals surface area contributed by atoms with E-state index in [1.165, 1.54) is 0 Å². The lowest BCUT2D eigenvalue weighted by molar-refractivity contribution is 0.0995. The Balaban J connectivity index is 1.76. The standard InChI is InChI=1S/C16H23N7O/c1-9(2)12-5-14(19-16(18-12)10(3)4)22-6-11(7-22)23-8-13(15(17)24)20-21-23/h5,8-11H,6-7H2,1-4H3,(H2,17,24). The van der Waals surface area contributed by atoms with E-state index in [9.17, 15) is 4.79 Å². The van der Waals surface area contributed by atoms with Crippen molar-refractivity contribution in [3.05, 3.63) is 29.5 Å². The van der Waals surface area contributed by atoms with E-state index in [1.54, 1.807) is 10.9 Å². The molecule has 1 fully saturated rings. The summed E-state index contributed by atoms with van der Waals surface area (Å²) in [4.78, 5) is 22.7. The van der Waals surface area contributed by atoms with Crippen molar-refractivity contribution in [2.75, 3.05) is 18.0 Å². The van der Waals surface area contributed by atoms with Crippen LogP contribution in [-0.2, 0) is 0 Å². The fraction of sp³-hybridized carbons (Fsp3) is 0.562. The second-order valence-electron chi connectivity index (χ2n) is 6.83. The Labute approximate surface area is 141 Å². The van der Waals surface area contributed by atoms with Gasteiger partial charge in [-0.3, -0.25) is 4.79 Å². The van der Waals surface area contributed by atoms with Crippen molar-refractivity contribution in [2.45, 2.75) is 45.6 Å². The van der Waals surface area contributed by atoms with Crippen molar-refractivity contribution in [3.8, 4) is 0 Å². The van der Waals surface area contributed by atoms with Gasteiger partial charge in [0.05, 0.1) is 12.2 Å². The van der Waals surface area contributed by atoms with Crippen LogP contribution in [-0.4, -0.2) is 44.0 Å². The summed E-state index contributed by atoms with van der Waals surface area (Å²) in [6.07, 6.45) is 1.60. The SMILES string of the molecule is CC(C)c1cc(N2CC(n3cc(C(N)=O)nn3)C2)nc(C(C)C)n1. The zero-order chi connectivity index (χ0) is 17.4. The highest BCUT2D eigenvalue weighted by molar-refractivity contribution is 5.90. The van der Waals surface area contributed by atoms with Crippen LogP contribution in [0, 0.1) is 0 Å². The molecular weight excluding hydrogens is 306 g/mol. The molecule has 3 rings (SSSR count). The molecule has 2 aromatic rings. The van der Waals surface area contributed by atoms with Crippen LogP contribution in [0.1, 0.15) is 67.6 Å². The Hall–Kier alpha value is -2.51. The van der Waals surface area contributed by atoms with Gasteiger partial charge < -0.3 is 10.6 Å². The number of amides is 1. The quantitative estimate of drug-likeness (QED) is 0.891. The largest absolute Gasteiger partial charge is 0.364 e. The molecule has 8 nitrogen and oxygen atoms in total. The molecule has 0 spiro atoms. The Kier molecular flexibility index (Phi) is 4.21. The molecule has 1 amide bonds. The average Bonchev–Trinajstić information content (AvgIpc) is 2.95. The molecule has 0 bridgehead atoms. The van der Waals surface area contributed by atoms with Crippen LogP contribution in [0.2, 0.25) is 0 Å². The lowest BCUT2D eigenvalue weighted by Gasteiger charge is -2.40. The van der Waals surface area contributed by atoms with Gasteiger partial charge in [-0.15, -0.1) is 5.10 Å². The number of carbonyl (C=O) groups excluding carboxylic acids is 1. The Morgan fingerprint density at radius 3 is 2.46 bits per heavy atom. The number of nitrogens with two attached hydrogens (primary N) is 1. The first-order valence-corrected chi connectivity index (χ1v) is 8.20. The number of hydrogen-bond donors (Lipinski definition) is 1. The van der Waals surface area contributed by atoms with Gasteiger partial charge in [-0.1, -0.05) is 32.9 Å². The summed E-state index contributed by atoms with van der Waals surface area (Å²) in [5, 5.41) is 7.77. The number of hydrogen-bond acceptors (Lipinski definition) is 6. The zero-order valence-electron chi connectivity index (χ0n) is 14.5. The molecule has 0 saturated carbocycles. The lowest BCUT2D eigenvalue weighted by Crippen LogP contribution is -2.48. The zero-order valence-corrected chi connectivity index (χ0v) is 14.5. The van der Waals surface area contributed by atoms with E-state index in [1.807, 2.05) is 0 Å². The van der Waals surface area contributed by atoms with E-state index < -0.39 is 5.91 Å². The van der Waals surface area contributed by atoms with E-state index in [0.717, 1.165) is 30.4 Å². The number of aromatic nitrogens is 5. The van der Waals surface area contributed by atoms with Gasteiger partial charge >= 0.3 is 0 Å². The average molecular weight is 329 g/mol. The lowest BCUT2D eigenvalue weighted by atomic mass is 10.1. The van der Waals surface area contributed by atoms with Gasteiger partial charge in [-0.25, -0.2) is 14.6 Å². The maximum atomic E-state index is 11.1. The van der Waals surface area contributed by atoms with Gasteiger partial charge in [0.25, 0.3) is 5.91 Å². The summed E-state index contributed by atoms with van der Waals surface area (Å²) in [6, 6.07) is 2.23. The number of primary amides is 1. The normalized spacial score (nSPS) is 15.2. The molecule has 3 heterocycles. The van der Waals surface area contributed by atoms with Crippen molar-refractivity contribution < 1.29 is 4.79 Å². The highest BCUT2D eigenvalue weighted by Crippen LogP contribution is 2.29. The Morgan fingerprint density at radius 1 is 1.21 bits per heavy atom. The van der Waals surface area contributed by atoms with Crippen LogP contribution in [0.4, 0.5) is 5.82 Å². The van der Waals surface area contributed by atoms with Crippen molar-refractivity contribution in [1.82, 2.24) is 25.0 Å². The molecule has 2 N–H and O–H groups in total. The van der Waals surface area contributed by atoms with Crippen LogP contribution in [0.15, 0.2) is 12.3 Å². The summed E-state index contributed by atoms with van der Waals surface area (Å²) in [5.74, 6) is 1.90. The third-order valence-corrected chi connectivity index (χ3v) is 4.18. The molecule has 1 aliphatic heterocycles. The maximum Gasteiger partial charge on any atom is 0.270 e. The number of anilines is 1. The summed E-state index contributed by atoms with van der Waals surface area (Å²) >= 11 is 0. The van der Waals surface area contributed by atoms with Gasteiger partial charge in [-0.05, 0) is 5.92 Å². The van der Waals surface area contributed by atoms with E-state index in [-0.39, 0.29) is 17.7 Å². The highest BCUT2D eigenvalue weighted by atomic mass is 16.1. The van der Waals surface area contributed by atoms with Gasteiger partial charge in [-0.2, -0.15) is 0 Å². The number of carbonyl (C=O) groups is 1. The molecular formula is C16H23N7O. The Morgan fingerprint density at radius 2 is 1.92 bits per heavy atom. The molecule has 0 atom stereocenters. The third kappa shape index (κ3) is 3.08. The predicted octanol–water partition coefficient (Wildman–Crippen LogP) is 1.48. The maximum absolute atomic E-state index is 11.1. The first-order valence-electron chi connectivity index (χ1n) is 8.20. The van der Waals surface area contributed by atoms with E-state index in [0.29, 0.717) is 5.92 Å². The predicted molar refractivity (Wildman–Crippen MR) is 90.0 cm³/mol. The smallest absolute Gasteiger partial charge is 0.270 e. The molecule has 1 aliphatic rings. The van der Waals surface area contributed by atoms with Crippen LogP contribution >= 0.6 is 0 Å². The van der Waals surface area contributed by atoms with Crippen LogP contribution in [0.5, 0.6) is 0 Å². The van der Waals surface area contributed by atoms with Gasteiger partial charge in [0.15, 0.2) is 5.69 Å². The fourth-order valence-corrected chi connectivity index (χ4v) is 2.57. The summed E-state index contributed by atoms with van der Waals surface area (Å²) < 4.78 is 1.70. The van der Waals surface area contributed by atoms with Gasteiger partial charge in [0, 0.05) is 30.8 Å². The first kappa shape index (κ1) is 16.4. The molecule has 0 unspecified atom stereocenters. The minimum Gasteiger partial charge on any atom is -0.364 e. The molecule has 128 valence electrons. The van der Waals surface area contributed by atoms with E-state index in [2.05, 4.69) is 54.0 Å². The molecule has 1 saturated heterocycles. The topological polar surface area (TPSA) is 103 Å². The molecule has 0 aromatic carbocycles. The Bertz CT molecular complexity index is 720. The van der Waals surface area contributed by atoms with Crippen molar-refractivity contribution in [1.29, 1.82) is 0 Å². The summed E-state index contributed by atoms with van der Waals surface area (Å²) in [7, 11) is 0. The molecule has 0 aliphatic carbocycles. The van der Waals surface area contributed by atoms with Crippen LogP contribution in [0.3, 0.4) is 0 Å².